The Morgan fingerprint density at radius 3 is 2.50 bits per heavy atom. The van der Waals surface area contributed by atoms with Crippen LogP contribution in [0, 0.1) is 0 Å². The van der Waals surface area contributed by atoms with Crippen LogP contribution in [0.4, 0.5) is 11.6 Å². The lowest BCUT2D eigenvalue weighted by atomic mass is 10.1. The SMILES string of the molecule is CCCc1c(NN)ncnc1NCc1ccc(Br)cc1. The van der Waals surface area contributed by atoms with E-state index in [2.05, 4.69) is 55.7 Å². The van der Waals surface area contributed by atoms with E-state index >= 15 is 0 Å². The molecule has 0 unspecified atom stereocenters. The van der Waals surface area contributed by atoms with Crippen molar-refractivity contribution in [2.75, 3.05) is 10.7 Å². The molecule has 0 spiro atoms. The third kappa shape index (κ3) is 3.68. The Kier molecular flexibility index (Phi) is 5.31. The average Bonchev–Trinajstić information content (AvgIpc) is 2.48. The van der Waals surface area contributed by atoms with Gasteiger partial charge in [-0.15, -0.1) is 0 Å². The highest BCUT2D eigenvalue weighted by Gasteiger charge is 2.09. The van der Waals surface area contributed by atoms with E-state index < -0.39 is 0 Å². The fourth-order valence-electron chi connectivity index (χ4n) is 1.96. The standard InChI is InChI=1S/C14H18BrN5/c1-2-3-12-13(18-9-19-14(12)20-16)17-8-10-4-6-11(15)7-5-10/h4-7,9H,2-3,8,16H2,1H3,(H2,17,18,19,20). The molecule has 0 amide bonds. The molecule has 0 saturated carbocycles. The molecule has 0 aliphatic carbocycles. The van der Waals surface area contributed by atoms with Crippen molar-refractivity contribution < 1.29 is 0 Å². The Morgan fingerprint density at radius 1 is 1.15 bits per heavy atom. The van der Waals surface area contributed by atoms with Crippen LogP contribution in [0.15, 0.2) is 35.1 Å². The Hall–Kier alpha value is -1.66. The Bertz CT molecular complexity index is 556. The molecule has 1 heterocycles. The third-order valence-electron chi connectivity index (χ3n) is 2.96. The highest BCUT2D eigenvalue weighted by Crippen LogP contribution is 2.21. The zero-order chi connectivity index (χ0) is 14.4. The molecule has 6 heteroatoms. The van der Waals surface area contributed by atoms with Crippen LogP contribution in [0.5, 0.6) is 0 Å². The van der Waals surface area contributed by atoms with Gasteiger partial charge in [0.05, 0.1) is 0 Å². The summed E-state index contributed by atoms with van der Waals surface area (Å²) in [6, 6.07) is 8.19. The number of hydrogen-bond acceptors (Lipinski definition) is 5. The number of nitrogen functional groups attached to an aromatic ring is 1. The van der Waals surface area contributed by atoms with E-state index in [-0.39, 0.29) is 0 Å². The second-order valence-corrected chi connectivity index (χ2v) is 5.34. The zero-order valence-corrected chi connectivity index (χ0v) is 12.9. The Balaban J connectivity index is 2.14. The van der Waals surface area contributed by atoms with Gasteiger partial charge in [0.25, 0.3) is 0 Å². The molecule has 0 aliphatic heterocycles. The lowest BCUT2D eigenvalue weighted by Gasteiger charge is -2.13. The zero-order valence-electron chi connectivity index (χ0n) is 11.4. The summed E-state index contributed by atoms with van der Waals surface area (Å²) in [5.74, 6) is 7.01. The topological polar surface area (TPSA) is 75.9 Å². The maximum Gasteiger partial charge on any atom is 0.148 e. The van der Waals surface area contributed by atoms with Crippen molar-refractivity contribution in [2.45, 2.75) is 26.3 Å². The predicted molar refractivity (Wildman–Crippen MR) is 85.3 cm³/mol. The summed E-state index contributed by atoms with van der Waals surface area (Å²) in [4.78, 5) is 8.46. The molecule has 2 aromatic rings. The van der Waals surface area contributed by atoms with E-state index in [1.807, 2.05) is 12.1 Å². The average molecular weight is 336 g/mol. The van der Waals surface area contributed by atoms with Crippen LogP contribution >= 0.6 is 15.9 Å². The van der Waals surface area contributed by atoms with Crippen molar-refractivity contribution in [1.29, 1.82) is 0 Å². The third-order valence-corrected chi connectivity index (χ3v) is 3.48. The molecule has 0 atom stereocenters. The van der Waals surface area contributed by atoms with E-state index in [4.69, 9.17) is 5.84 Å². The van der Waals surface area contributed by atoms with Gasteiger partial charge in [-0.2, -0.15) is 0 Å². The van der Waals surface area contributed by atoms with Crippen molar-refractivity contribution in [3.8, 4) is 0 Å². The molecule has 106 valence electrons. The van der Waals surface area contributed by atoms with Gasteiger partial charge in [-0.3, -0.25) is 0 Å². The number of nitrogens with zero attached hydrogens (tertiary/aromatic N) is 2. The first-order valence-corrected chi connectivity index (χ1v) is 7.32. The van der Waals surface area contributed by atoms with Gasteiger partial charge in [0.2, 0.25) is 0 Å². The fourth-order valence-corrected chi connectivity index (χ4v) is 2.23. The first kappa shape index (κ1) is 14.7. The quantitative estimate of drug-likeness (QED) is 0.558. The van der Waals surface area contributed by atoms with Gasteiger partial charge in [-0.05, 0) is 24.1 Å². The van der Waals surface area contributed by atoms with E-state index in [1.165, 1.54) is 11.9 Å². The van der Waals surface area contributed by atoms with Gasteiger partial charge in [0.15, 0.2) is 0 Å². The number of nitrogens with two attached hydrogens (primary N) is 1. The molecule has 5 nitrogen and oxygen atoms in total. The number of halogens is 1. The first-order chi connectivity index (χ1) is 9.74. The molecule has 0 fully saturated rings. The normalized spacial score (nSPS) is 10.3. The maximum absolute atomic E-state index is 5.50. The molecule has 2 rings (SSSR count). The molecular formula is C14H18BrN5. The van der Waals surface area contributed by atoms with Crippen molar-refractivity contribution in [2.24, 2.45) is 5.84 Å². The van der Waals surface area contributed by atoms with Crippen LogP contribution in [0.2, 0.25) is 0 Å². The minimum absolute atomic E-state index is 0.681. The van der Waals surface area contributed by atoms with Crippen molar-refractivity contribution in [3.63, 3.8) is 0 Å². The summed E-state index contributed by atoms with van der Waals surface area (Å²) in [5, 5.41) is 3.35. The minimum Gasteiger partial charge on any atom is -0.366 e. The lowest BCUT2D eigenvalue weighted by Crippen LogP contribution is -2.14. The number of nitrogens with one attached hydrogen (secondary N) is 2. The smallest absolute Gasteiger partial charge is 0.148 e. The Morgan fingerprint density at radius 2 is 1.85 bits per heavy atom. The van der Waals surface area contributed by atoms with Crippen LogP contribution in [0.3, 0.4) is 0 Å². The molecule has 0 saturated heterocycles. The van der Waals surface area contributed by atoms with E-state index in [0.29, 0.717) is 12.4 Å². The molecule has 4 N–H and O–H groups in total. The van der Waals surface area contributed by atoms with Crippen LogP contribution in [0.25, 0.3) is 0 Å². The van der Waals surface area contributed by atoms with Crippen LogP contribution in [0.1, 0.15) is 24.5 Å². The van der Waals surface area contributed by atoms with Gasteiger partial charge < -0.3 is 10.7 Å². The number of aromatic nitrogens is 2. The highest BCUT2D eigenvalue weighted by atomic mass is 79.9. The maximum atomic E-state index is 5.50. The van der Waals surface area contributed by atoms with Gasteiger partial charge >= 0.3 is 0 Å². The minimum atomic E-state index is 0.681. The van der Waals surface area contributed by atoms with Gasteiger partial charge in [0.1, 0.15) is 18.0 Å². The molecular weight excluding hydrogens is 318 g/mol. The number of rotatable bonds is 6. The van der Waals surface area contributed by atoms with Crippen molar-refractivity contribution in [1.82, 2.24) is 9.97 Å². The Labute approximate surface area is 127 Å². The van der Waals surface area contributed by atoms with Gasteiger partial charge in [-0.25, -0.2) is 15.8 Å². The molecule has 20 heavy (non-hydrogen) atoms. The molecule has 0 bridgehead atoms. The van der Waals surface area contributed by atoms with Crippen LogP contribution in [-0.2, 0) is 13.0 Å². The van der Waals surface area contributed by atoms with E-state index in [0.717, 1.165) is 28.7 Å². The highest BCUT2D eigenvalue weighted by molar-refractivity contribution is 9.10. The summed E-state index contributed by atoms with van der Waals surface area (Å²) < 4.78 is 1.07. The summed E-state index contributed by atoms with van der Waals surface area (Å²) >= 11 is 3.43. The number of benzene rings is 1. The summed E-state index contributed by atoms with van der Waals surface area (Å²) in [5.41, 5.74) is 4.84. The molecule has 1 aromatic carbocycles. The monoisotopic (exact) mass is 335 g/mol. The second kappa shape index (κ2) is 7.21. The molecule has 0 radical (unpaired) electrons. The number of hydrazine groups is 1. The van der Waals surface area contributed by atoms with E-state index in [1.54, 1.807) is 0 Å². The van der Waals surface area contributed by atoms with Gasteiger partial charge in [-0.1, -0.05) is 41.4 Å². The van der Waals surface area contributed by atoms with E-state index in [9.17, 15) is 0 Å². The summed E-state index contributed by atoms with van der Waals surface area (Å²) in [7, 11) is 0. The number of hydrogen-bond donors (Lipinski definition) is 3. The number of anilines is 2. The second-order valence-electron chi connectivity index (χ2n) is 4.42. The largest absolute Gasteiger partial charge is 0.366 e. The lowest BCUT2D eigenvalue weighted by molar-refractivity contribution is 0.896. The fraction of sp³-hybridized carbons (Fsp3) is 0.286. The summed E-state index contributed by atoms with van der Waals surface area (Å²) in [6.45, 7) is 2.83. The first-order valence-electron chi connectivity index (χ1n) is 6.53. The van der Waals surface area contributed by atoms with Gasteiger partial charge in [0, 0.05) is 16.6 Å². The molecule has 1 aromatic heterocycles. The summed E-state index contributed by atoms with van der Waals surface area (Å²) in [6.07, 6.45) is 3.40. The van der Waals surface area contributed by atoms with Crippen molar-refractivity contribution in [3.05, 3.63) is 46.2 Å². The van der Waals surface area contributed by atoms with Crippen LogP contribution in [-0.4, -0.2) is 9.97 Å². The van der Waals surface area contributed by atoms with Crippen LogP contribution < -0.4 is 16.6 Å². The predicted octanol–water partition coefficient (Wildman–Crippen LogP) is 3.09. The van der Waals surface area contributed by atoms with Crippen molar-refractivity contribution >= 4 is 27.6 Å². The molecule has 0 aliphatic rings.